The molecule has 6 heteroatoms. The van der Waals surface area contributed by atoms with Crippen molar-refractivity contribution in [2.45, 2.75) is 40.8 Å². The maximum absolute atomic E-state index is 13.3. The van der Waals surface area contributed by atoms with Gasteiger partial charge in [-0.15, -0.1) is 11.3 Å². The number of halogens is 1. The monoisotopic (exact) mass is 334 g/mol. The molecule has 0 atom stereocenters. The molecule has 124 valence electrons. The molecule has 4 nitrogen and oxygen atoms in total. The van der Waals surface area contributed by atoms with Crippen molar-refractivity contribution >= 4 is 17.3 Å². The first-order chi connectivity index (χ1) is 11.0. The van der Waals surface area contributed by atoms with Gasteiger partial charge in [0.25, 0.3) is 0 Å². The third-order valence-electron chi connectivity index (χ3n) is 3.47. The summed E-state index contributed by atoms with van der Waals surface area (Å²) in [7, 11) is 0. The molecular weight excluding hydrogens is 311 g/mol. The minimum absolute atomic E-state index is 0.183. The van der Waals surface area contributed by atoms with Crippen molar-refractivity contribution in [1.82, 2.24) is 15.6 Å². The predicted octanol–water partition coefficient (Wildman–Crippen LogP) is 3.46. The lowest BCUT2D eigenvalue weighted by Crippen LogP contribution is -2.36. The molecular formula is C17H23FN4S. The molecule has 0 radical (unpaired) electrons. The molecule has 2 aromatic rings. The number of guanidine groups is 1. The van der Waals surface area contributed by atoms with Crippen molar-refractivity contribution in [3.63, 3.8) is 0 Å². The molecule has 1 aromatic carbocycles. The summed E-state index contributed by atoms with van der Waals surface area (Å²) in [5.74, 6) is 0.553. The van der Waals surface area contributed by atoms with Gasteiger partial charge in [-0.05, 0) is 44.9 Å². The summed E-state index contributed by atoms with van der Waals surface area (Å²) in [6.07, 6.45) is 0. The Labute approximate surface area is 140 Å². The van der Waals surface area contributed by atoms with E-state index >= 15 is 0 Å². The third kappa shape index (κ3) is 5.03. The van der Waals surface area contributed by atoms with E-state index in [1.165, 1.54) is 10.9 Å². The number of nitrogens with zero attached hydrogens (tertiary/aromatic N) is 2. The van der Waals surface area contributed by atoms with Crippen LogP contribution in [0, 0.1) is 26.6 Å². The first-order valence-corrected chi connectivity index (χ1v) is 8.51. The molecule has 0 unspecified atom stereocenters. The van der Waals surface area contributed by atoms with Gasteiger partial charge in [0, 0.05) is 11.4 Å². The molecule has 0 aliphatic carbocycles. The van der Waals surface area contributed by atoms with Gasteiger partial charge in [-0.3, -0.25) is 0 Å². The van der Waals surface area contributed by atoms with Crippen LogP contribution in [-0.4, -0.2) is 17.5 Å². The summed E-state index contributed by atoms with van der Waals surface area (Å²) in [6, 6.07) is 5.08. The first kappa shape index (κ1) is 17.4. The highest BCUT2D eigenvalue weighted by atomic mass is 32.1. The van der Waals surface area contributed by atoms with Crippen LogP contribution < -0.4 is 10.6 Å². The van der Waals surface area contributed by atoms with E-state index in [0.29, 0.717) is 18.7 Å². The molecule has 0 spiro atoms. The number of aromatic nitrogens is 1. The molecule has 1 aromatic heterocycles. The molecule has 0 fully saturated rings. The van der Waals surface area contributed by atoms with E-state index in [2.05, 4.69) is 27.5 Å². The molecule has 0 bridgehead atoms. The van der Waals surface area contributed by atoms with Crippen LogP contribution in [0.25, 0.3) is 0 Å². The van der Waals surface area contributed by atoms with Crippen LogP contribution in [0.4, 0.5) is 4.39 Å². The Balaban J connectivity index is 2.00. The van der Waals surface area contributed by atoms with E-state index in [0.717, 1.165) is 28.8 Å². The molecule has 2 N–H and O–H groups in total. The Hall–Kier alpha value is -1.95. The smallest absolute Gasteiger partial charge is 0.191 e. The zero-order valence-electron chi connectivity index (χ0n) is 14.0. The molecule has 1 heterocycles. The normalized spacial score (nSPS) is 11.6. The summed E-state index contributed by atoms with van der Waals surface area (Å²) in [5, 5.41) is 7.54. The minimum Gasteiger partial charge on any atom is -0.357 e. The van der Waals surface area contributed by atoms with E-state index in [4.69, 9.17) is 0 Å². The van der Waals surface area contributed by atoms with Crippen molar-refractivity contribution in [2.24, 2.45) is 4.99 Å². The van der Waals surface area contributed by atoms with Crippen LogP contribution in [0.1, 0.15) is 33.6 Å². The first-order valence-electron chi connectivity index (χ1n) is 7.69. The number of rotatable bonds is 5. The van der Waals surface area contributed by atoms with E-state index < -0.39 is 0 Å². The van der Waals surface area contributed by atoms with Gasteiger partial charge in [-0.1, -0.05) is 12.1 Å². The van der Waals surface area contributed by atoms with Crippen LogP contribution >= 0.6 is 11.3 Å². The maximum atomic E-state index is 13.3. The third-order valence-corrected chi connectivity index (χ3v) is 4.54. The number of aryl methyl sites for hydroxylation is 3. The summed E-state index contributed by atoms with van der Waals surface area (Å²) >= 11 is 1.69. The second kappa shape index (κ2) is 8.06. The molecule has 23 heavy (non-hydrogen) atoms. The highest BCUT2D eigenvalue weighted by Gasteiger charge is 2.05. The number of benzene rings is 1. The van der Waals surface area contributed by atoms with Gasteiger partial charge in [0.2, 0.25) is 0 Å². The topological polar surface area (TPSA) is 49.3 Å². The number of thiazole rings is 1. The Morgan fingerprint density at radius 1 is 1.26 bits per heavy atom. The van der Waals surface area contributed by atoms with Crippen LogP contribution in [0.3, 0.4) is 0 Å². The number of aliphatic imine (C=N–C) groups is 1. The lowest BCUT2D eigenvalue weighted by molar-refractivity contribution is 0.617. The Morgan fingerprint density at radius 3 is 2.65 bits per heavy atom. The Kier molecular flexibility index (Phi) is 6.10. The summed E-state index contributed by atoms with van der Waals surface area (Å²) < 4.78 is 13.3. The second-order valence-corrected chi connectivity index (χ2v) is 6.67. The van der Waals surface area contributed by atoms with Gasteiger partial charge in [0.1, 0.15) is 10.8 Å². The largest absolute Gasteiger partial charge is 0.357 e. The van der Waals surface area contributed by atoms with E-state index in [9.17, 15) is 4.39 Å². The predicted molar refractivity (Wildman–Crippen MR) is 94.4 cm³/mol. The van der Waals surface area contributed by atoms with Crippen LogP contribution in [0.15, 0.2) is 23.2 Å². The maximum Gasteiger partial charge on any atom is 0.191 e. The van der Waals surface area contributed by atoms with Crippen molar-refractivity contribution in [3.8, 4) is 0 Å². The zero-order valence-corrected chi connectivity index (χ0v) is 14.9. The summed E-state index contributed by atoms with van der Waals surface area (Å²) in [5.41, 5.74) is 2.71. The highest BCUT2D eigenvalue weighted by Crippen LogP contribution is 2.16. The second-order valence-electron chi connectivity index (χ2n) is 5.38. The van der Waals surface area contributed by atoms with Crippen molar-refractivity contribution < 1.29 is 4.39 Å². The standard InChI is InChI=1S/C17H23FN4S/c1-5-19-17(21-10-16-22-12(3)13(4)23-16)20-9-14-6-7-15(18)11(2)8-14/h6-8H,5,9-10H2,1-4H3,(H2,19,20,21). The van der Waals surface area contributed by atoms with E-state index in [-0.39, 0.29) is 5.82 Å². The molecule has 0 saturated carbocycles. The Morgan fingerprint density at radius 2 is 2.04 bits per heavy atom. The van der Waals surface area contributed by atoms with Crippen molar-refractivity contribution in [3.05, 3.63) is 50.7 Å². The van der Waals surface area contributed by atoms with Gasteiger partial charge in [-0.2, -0.15) is 0 Å². The average Bonchev–Trinajstić information content (AvgIpc) is 2.84. The molecule has 2 rings (SSSR count). The van der Waals surface area contributed by atoms with Crippen molar-refractivity contribution in [2.75, 3.05) is 6.54 Å². The molecule has 0 saturated heterocycles. The zero-order chi connectivity index (χ0) is 16.8. The van der Waals surface area contributed by atoms with Crippen LogP contribution in [0.2, 0.25) is 0 Å². The fraction of sp³-hybridized carbons (Fsp3) is 0.412. The lowest BCUT2D eigenvalue weighted by atomic mass is 10.1. The van der Waals surface area contributed by atoms with Gasteiger partial charge in [0.15, 0.2) is 5.96 Å². The van der Waals surface area contributed by atoms with E-state index in [1.54, 1.807) is 24.3 Å². The number of hydrogen-bond acceptors (Lipinski definition) is 3. The molecule has 0 aliphatic rings. The fourth-order valence-corrected chi connectivity index (χ4v) is 2.97. The quantitative estimate of drug-likeness (QED) is 0.650. The number of nitrogens with one attached hydrogen (secondary N) is 2. The number of hydrogen-bond donors (Lipinski definition) is 2. The van der Waals surface area contributed by atoms with Crippen LogP contribution in [0.5, 0.6) is 0 Å². The SMILES string of the molecule is CCNC(=NCc1ccc(F)c(C)c1)NCc1nc(C)c(C)s1. The van der Waals surface area contributed by atoms with Gasteiger partial charge in [0.05, 0.1) is 18.8 Å². The van der Waals surface area contributed by atoms with Gasteiger partial charge >= 0.3 is 0 Å². The molecule has 0 aliphatic heterocycles. The lowest BCUT2D eigenvalue weighted by Gasteiger charge is -2.10. The van der Waals surface area contributed by atoms with Crippen molar-refractivity contribution in [1.29, 1.82) is 0 Å². The molecule has 0 amide bonds. The Bertz CT molecular complexity index is 674. The summed E-state index contributed by atoms with van der Waals surface area (Å²) in [4.78, 5) is 10.3. The van der Waals surface area contributed by atoms with Crippen LogP contribution in [-0.2, 0) is 13.1 Å². The minimum atomic E-state index is -0.183. The fourth-order valence-electron chi connectivity index (χ4n) is 2.09. The van der Waals surface area contributed by atoms with Gasteiger partial charge < -0.3 is 10.6 Å². The van der Waals surface area contributed by atoms with E-state index in [1.807, 2.05) is 19.9 Å². The van der Waals surface area contributed by atoms with Gasteiger partial charge in [-0.25, -0.2) is 14.4 Å². The average molecular weight is 334 g/mol. The highest BCUT2D eigenvalue weighted by molar-refractivity contribution is 7.11. The summed E-state index contributed by atoms with van der Waals surface area (Å²) in [6.45, 7) is 9.82.